The molecule has 0 saturated carbocycles. The molecule has 0 fully saturated rings. The zero-order chi connectivity index (χ0) is 38.8. The highest BCUT2D eigenvalue weighted by atomic mass is 35.5. The summed E-state index contributed by atoms with van der Waals surface area (Å²) < 4.78 is 9.20. The number of aromatic nitrogens is 7. The lowest BCUT2D eigenvalue weighted by molar-refractivity contribution is 0.819. The quantitative estimate of drug-likeness (QED) is 0.179. The normalized spacial score (nSPS) is 13.0. The molecular formula is C51H32ClN7. The molecule has 0 unspecified atom stereocenters. The molecule has 0 N–H and O–H groups in total. The maximum atomic E-state index is 7.13. The number of fused-ring (bicyclic) bond motifs is 14. The molecule has 0 atom stereocenters. The predicted molar refractivity (Wildman–Crippen MR) is 242 cm³/mol. The van der Waals surface area contributed by atoms with Crippen LogP contribution in [-0.4, -0.2) is 33.2 Å². The van der Waals surface area contributed by atoms with Gasteiger partial charge in [-0.2, -0.15) is 15.0 Å². The molecule has 0 bridgehead atoms. The van der Waals surface area contributed by atoms with E-state index in [1.165, 1.54) is 16.3 Å². The van der Waals surface area contributed by atoms with E-state index in [-0.39, 0.29) is 5.28 Å². The third kappa shape index (κ3) is 4.50. The highest BCUT2D eigenvalue weighted by molar-refractivity contribution is 6.28. The summed E-state index contributed by atoms with van der Waals surface area (Å²) in [6.45, 7) is 0. The smallest absolute Gasteiger partial charge is 0.240 e. The van der Waals surface area contributed by atoms with Crippen molar-refractivity contribution in [3.05, 3.63) is 180 Å². The number of halogens is 1. The Bertz CT molecular complexity index is 3740. The van der Waals surface area contributed by atoms with Crippen LogP contribution in [0.15, 0.2) is 164 Å². The lowest BCUT2D eigenvalue weighted by Crippen LogP contribution is -2.12. The first-order valence-corrected chi connectivity index (χ1v) is 20.4. The van der Waals surface area contributed by atoms with Gasteiger partial charge in [-0.1, -0.05) is 127 Å². The van der Waals surface area contributed by atoms with Gasteiger partial charge >= 0.3 is 0 Å². The maximum Gasteiger partial charge on any atom is 0.240 e. The standard InChI is InChI=1S/C51H32ClN7/c52-49-53-50(58-43-25-13-9-21-35(43)39-29-27-37-33-19-7-11-23-41(33)56(45(37)47(39)58)31-15-3-1-4-16-31)55-51(54-49)59-44-26-14-10-22-36(44)40-30-28-38-34-20-8-12-24-42(34)57(46(38)48(40)59)32-17-5-2-6-18-32/h1-13,15-25,27-30H,14,26H2. The SMILES string of the molecule is Clc1nc(-n2c3c(c4ccc5c6ccccc6n(-c6ccccc6)c5c42)C=CCC3)nc(-n2c3ccccc3c3ccc4c5ccccc5n(-c5ccccc5)c4c32)n1. The van der Waals surface area contributed by atoms with Crippen molar-refractivity contribution in [2.24, 2.45) is 0 Å². The van der Waals surface area contributed by atoms with E-state index in [1.807, 2.05) is 0 Å². The molecule has 0 saturated heterocycles. The molecule has 5 heterocycles. The molecule has 8 heteroatoms. The molecule has 7 aromatic carbocycles. The van der Waals surface area contributed by atoms with E-state index < -0.39 is 0 Å². The third-order valence-corrected chi connectivity index (χ3v) is 12.4. The van der Waals surface area contributed by atoms with Crippen molar-refractivity contribution in [2.45, 2.75) is 12.8 Å². The second-order valence-electron chi connectivity index (χ2n) is 15.3. The molecule has 1 aliphatic rings. The maximum absolute atomic E-state index is 7.13. The minimum atomic E-state index is 0.129. The Morgan fingerprint density at radius 3 is 1.36 bits per heavy atom. The van der Waals surface area contributed by atoms with Crippen molar-refractivity contribution in [2.75, 3.05) is 0 Å². The van der Waals surface area contributed by atoms with Crippen LogP contribution in [0, 0.1) is 0 Å². The Hall–Kier alpha value is -7.48. The summed E-state index contributed by atoms with van der Waals surface area (Å²) in [4.78, 5) is 15.4. The monoisotopic (exact) mass is 777 g/mol. The largest absolute Gasteiger partial charge is 0.307 e. The molecule has 0 aliphatic heterocycles. The fourth-order valence-corrected chi connectivity index (χ4v) is 10.0. The lowest BCUT2D eigenvalue weighted by atomic mass is 10.0. The number of benzene rings is 7. The van der Waals surface area contributed by atoms with Crippen LogP contribution in [0.5, 0.6) is 0 Å². The van der Waals surface area contributed by atoms with Crippen LogP contribution in [0.2, 0.25) is 5.28 Å². The average Bonchev–Trinajstić information content (AvgIpc) is 4.02. The Morgan fingerprint density at radius 2 is 0.814 bits per heavy atom. The molecular weight excluding hydrogens is 746 g/mol. The van der Waals surface area contributed by atoms with E-state index in [9.17, 15) is 0 Å². The summed E-state index contributed by atoms with van der Waals surface area (Å²) >= 11 is 7.13. The van der Waals surface area contributed by atoms with Crippen LogP contribution in [-0.2, 0) is 6.42 Å². The van der Waals surface area contributed by atoms with E-state index in [0.717, 1.165) is 95.5 Å². The van der Waals surface area contributed by atoms with Gasteiger partial charge in [-0.05, 0) is 66.9 Å². The van der Waals surface area contributed by atoms with Crippen molar-refractivity contribution < 1.29 is 0 Å². The zero-order valence-electron chi connectivity index (χ0n) is 31.6. The van der Waals surface area contributed by atoms with Gasteiger partial charge in [0.05, 0.1) is 38.6 Å². The summed E-state index contributed by atoms with van der Waals surface area (Å²) in [6, 6.07) is 56.0. The summed E-state index contributed by atoms with van der Waals surface area (Å²) in [5.74, 6) is 0.946. The summed E-state index contributed by atoms with van der Waals surface area (Å²) in [7, 11) is 0. The summed E-state index contributed by atoms with van der Waals surface area (Å²) in [5.41, 5.74) is 12.0. The van der Waals surface area contributed by atoms with E-state index in [4.69, 9.17) is 26.6 Å². The molecule has 0 spiro atoms. The Kier molecular flexibility index (Phi) is 6.77. The minimum Gasteiger partial charge on any atom is -0.307 e. The fourth-order valence-electron chi connectivity index (χ4n) is 9.90. The Balaban J connectivity index is 1.18. The van der Waals surface area contributed by atoms with Gasteiger partial charge in [0.15, 0.2) is 0 Å². The van der Waals surface area contributed by atoms with Gasteiger partial charge < -0.3 is 9.13 Å². The van der Waals surface area contributed by atoms with Crippen molar-refractivity contribution >= 4 is 94.0 Å². The first kappa shape index (κ1) is 32.6. The van der Waals surface area contributed by atoms with Crippen LogP contribution in [0.25, 0.3) is 106 Å². The van der Waals surface area contributed by atoms with Crippen LogP contribution in [0.4, 0.5) is 0 Å². The van der Waals surface area contributed by atoms with Crippen LogP contribution >= 0.6 is 11.6 Å². The van der Waals surface area contributed by atoms with E-state index in [2.05, 4.69) is 188 Å². The van der Waals surface area contributed by atoms with Gasteiger partial charge in [0.25, 0.3) is 0 Å². The van der Waals surface area contributed by atoms with Crippen molar-refractivity contribution in [3.8, 4) is 23.3 Å². The average molecular weight is 778 g/mol. The highest BCUT2D eigenvalue weighted by Gasteiger charge is 2.28. The first-order chi connectivity index (χ1) is 29.2. The van der Waals surface area contributed by atoms with Crippen LogP contribution in [0.3, 0.4) is 0 Å². The molecule has 7 nitrogen and oxygen atoms in total. The van der Waals surface area contributed by atoms with Crippen molar-refractivity contribution in [3.63, 3.8) is 0 Å². The molecule has 5 aromatic heterocycles. The fraction of sp³-hybridized carbons (Fsp3) is 0.0392. The van der Waals surface area contributed by atoms with Crippen molar-refractivity contribution in [1.29, 1.82) is 0 Å². The molecule has 13 rings (SSSR count). The Labute approximate surface area is 342 Å². The number of para-hydroxylation sites is 5. The van der Waals surface area contributed by atoms with Gasteiger partial charge in [0.1, 0.15) is 0 Å². The third-order valence-electron chi connectivity index (χ3n) is 12.2. The topological polar surface area (TPSA) is 58.4 Å². The van der Waals surface area contributed by atoms with Crippen LogP contribution < -0.4 is 0 Å². The molecule has 59 heavy (non-hydrogen) atoms. The Morgan fingerprint density at radius 1 is 0.390 bits per heavy atom. The van der Waals surface area contributed by atoms with E-state index in [1.54, 1.807) is 0 Å². The van der Waals surface area contributed by atoms with Crippen LogP contribution in [0.1, 0.15) is 17.7 Å². The molecule has 278 valence electrons. The lowest BCUT2D eigenvalue weighted by Gasteiger charge is -2.15. The number of nitrogens with zero attached hydrogens (tertiary/aromatic N) is 7. The molecule has 0 radical (unpaired) electrons. The molecule has 0 amide bonds. The second-order valence-corrected chi connectivity index (χ2v) is 15.6. The molecule has 12 aromatic rings. The highest BCUT2D eigenvalue weighted by Crippen LogP contribution is 2.44. The van der Waals surface area contributed by atoms with Gasteiger partial charge in [-0.3, -0.25) is 9.13 Å². The van der Waals surface area contributed by atoms with Crippen molar-refractivity contribution in [1.82, 2.24) is 33.2 Å². The summed E-state index contributed by atoms with van der Waals surface area (Å²) in [5, 5.41) is 8.16. The number of hydrogen-bond acceptors (Lipinski definition) is 3. The first-order valence-electron chi connectivity index (χ1n) is 20.0. The van der Waals surface area contributed by atoms with Gasteiger partial charge in [-0.15, -0.1) is 0 Å². The van der Waals surface area contributed by atoms with E-state index >= 15 is 0 Å². The van der Waals surface area contributed by atoms with Gasteiger partial charge in [0.2, 0.25) is 17.2 Å². The van der Waals surface area contributed by atoms with E-state index in [0.29, 0.717) is 11.9 Å². The minimum absolute atomic E-state index is 0.129. The summed E-state index contributed by atoms with van der Waals surface area (Å²) in [6.07, 6.45) is 6.27. The van der Waals surface area contributed by atoms with Gasteiger partial charge in [-0.25, -0.2) is 0 Å². The number of allylic oxidation sites excluding steroid dienone is 1. The second kappa shape index (κ2) is 12.3. The number of rotatable bonds is 4. The predicted octanol–water partition coefficient (Wildman–Crippen LogP) is 12.7. The molecule has 1 aliphatic carbocycles. The van der Waals surface area contributed by atoms with Gasteiger partial charge in [0, 0.05) is 60.3 Å². The zero-order valence-corrected chi connectivity index (χ0v) is 32.3. The number of hydrogen-bond donors (Lipinski definition) is 0.